The molecule has 1 aromatic heterocycles. The topological polar surface area (TPSA) is 97.0 Å². The first-order valence-corrected chi connectivity index (χ1v) is 15.2. The molecule has 212 valence electrons. The molecule has 2 bridgehead atoms. The molecule has 8 heteroatoms. The number of nitrogens with zero attached hydrogens (tertiary/aromatic N) is 4. The van der Waals surface area contributed by atoms with Gasteiger partial charge in [0.05, 0.1) is 17.5 Å². The maximum atomic E-state index is 14.1. The number of para-hydroxylation sites is 2. The Morgan fingerprint density at radius 1 is 0.897 bits per heavy atom. The zero-order valence-corrected chi connectivity index (χ0v) is 23.4. The van der Waals surface area contributed by atoms with Gasteiger partial charge in [-0.05, 0) is 50.7 Å². The SMILES string of the molecule is CON=C(CCC(=O)O)c1nc2ccccc2n(C2C[C@H]3CCC[C@@H](C2)N3C2CCCCCCCCC2)c1=O. The Kier molecular flexibility index (Phi) is 9.32. The predicted molar refractivity (Wildman–Crippen MR) is 153 cm³/mol. The van der Waals surface area contributed by atoms with Gasteiger partial charge in [0.15, 0.2) is 5.69 Å². The van der Waals surface area contributed by atoms with E-state index in [9.17, 15) is 14.7 Å². The average Bonchev–Trinajstić information content (AvgIpc) is 2.93. The fourth-order valence-corrected chi connectivity index (χ4v) is 7.53. The summed E-state index contributed by atoms with van der Waals surface area (Å²) in [5.74, 6) is -0.944. The molecule has 3 heterocycles. The molecule has 2 aromatic rings. The van der Waals surface area contributed by atoms with Crippen LogP contribution in [-0.2, 0) is 9.63 Å². The van der Waals surface area contributed by atoms with Gasteiger partial charge >= 0.3 is 5.97 Å². The zero-order chi connectivity index (χ0) is 27.2. The molecular weight excluding hydrogens is 492 g/mol. The molecule has 1 aromatic carbocycles. The molecule has 1 saturated carbocycles. The smallest absolute Gasteiger partial charge is 0.303 e. The van der Waals surface area contributed by atoms with E-state index in [1.165, 1.54) is 84.2 Å². The van der Waals surface area contributed by atoms with E-state index >= 15 is 0 Å². The van der Waals surface area contributed by atoms with Crippen molar-refractivity contribution in [3.63, 3.8) is 0 Å². The highest BCUT2D eigenvalue weighted by Crippen LogP contribution is 2.42. The third-order valence-corrected chi connectivity index (χ3v) is 9.21. The van der Waals surface area contributed by atoms with Gasteiger partial charge in [0.1, 0.15) is 12.8 Å². The van der Waals surface area contributed by atoms with Crippen molar-refractivity contribution in [2.75, 3.05) is 7.11 Å². The molecule has 1 N–H and O–H groups in total. The third kappa shape index (κ3) is 6.37. The van der Waals surface area contributed by atoms with Crippen LogP contribution in [0.5, 0.6) is 0 Å². The first kappa shape index (κ1) is 27.8. The van der Waals surface area contributed by atoms with Gasteiger partial charge in [-0.25, -0.2) is 4.98 Å². The van der Waals surface area contributed by atoms with Crippen LogP contribution in [0.15, 0.2) is 34.2 Å². The number of oxime groups is 1. The molecule has 0 radical (unpaired) electrons. The van der Waals surface area contributed by atoms with E-state index in [4.69, 9.17) is 4.84 Å². The molecule has 1 unspecified atom stereocenters. The van der Waals surface area contributed by atoms with Gasteiger partial charge in [-0.2, -0.15) is 0 Å². The molecule has 0 spiro atoms. The number of carboxylic acid groups (broad SMARTS) is 1. The molecule has 5 rings (SSSR count). The van der Waals surface area contributed by atoms with E-state index in [1.54, 1.807) is 0 Å². The number of aliphatic carboxylic acids is 1. The Morgan fingerprint density at radius 2 is 1.51 bits per heavy atom. The highest BCUT2D eigenvalue weighted by molar-refractivity contribution is 6.00. The van der Waals surface area contributed by atoms with Crippen LogP contribution < -0.4 is 5.56 Å². The Labute approximate surface area is 231 Å². The van der Waals surface area contributed by atoms with Crippen molar-refractivity contribution in [3.05, 3.63) is 40.3 Å². The lowest BCUT2D eigenvalue weighted by atomic mass is 9.79. The van der Waals surface area contributed by atoms with Crippen molar-refractivity contribution in [1.29, 1.82) is 0 Å². The Balaban J connectivity index is 1.48. The highest BCUT2D eigenvalue weighted by Gasteiger charge is 2.42. The second kappa shape index (κ2) is 13.1. The lowest BCUT2D eigenvalue weighted by Gasteiger charge is -2.53. The van der Waals surface area contributed by atoms with Crippen LogP contribution in [0.25, 0.3) is 11.0 Å². The second-order valence-electron chi connectivity index (χ2n) is 11.8. The van der Waals surface area contributed by atoms with Crippen molar-refractivity contribution in [3.8, 4) is 0 Å². The third-order valence-electron chi connectivity index (χ3n) is 9.21. The molecule has 3 aliphatic rings. The first-order chi connectivity index (χ1) is 19.1. The number of rotatable bonds is 7. The molecule has 2 saturated heterocycles. The summed E-state index contributed by atoms with van der Waals surface area (Å²) in [6.07, 6.45) is 17.7. The summed E-state index contributed by atoms with van der Waals surface area (Å²) in [4.78, 5) is 38.0. The van der Waals surface area contributed by atoms with E-state index in [0.717, 1.165) is 23.9 Å². The van der Waals surface area contributed by atoms with Crippen LogP contribution in [0.4, 0.5) is 0 Å². The minimum Gasteiger partial charge on any atom is -0.481 e. The normalized spacial score (nSPS) is 25.9. The summed E-state index contributed by atoms with van der Waals surface area (Å²) in [6, 6.07) is 9.54. The lowest BCUT2D eigenvalue weighted by molar-refractivity contribution is -0.136. The molecular formula is C31H44N4O4. The first-order valence-electron chi connectivity index (χ1n) is 15.2. The van der Waals surface area contributed by atoms with Crippen LogP contribution >= 0.6 is 0 Å². The molecule has 2 aliphatic heterocycles. The predicted octanol–water partition coefficient (Wildman–Crippen LogP) is 6.06. The number of carbonyl (C=O) groups is 1. The molecule has 1 aliphatic carbocycles. The van der Waals surface area contributed by atoms with Crippen LogP contribution in [0.1, 0.15) is 114 Å². The lowest BCUT2D eigenvalue weighted by Crippen LogP contribution is -2.57. The maximum Gasteiger partial charge on any atom is 0.303 e. The zero-order valence-electron chi connectivity index (χ0n) is 23.4. The van der Waals surface area contributed by atoms with Gasteiger partial charge in [0.2, 0.25) is 0 Å². The number of carboxylic acids is 1. The summed E-state index contributed by atoms with van der Waals surface area (Å²) in [6.45, 7) is 0. The Bertz CT molecular complexity index is 1200. The number of fused-ring (bicyclic) bond motifs is 3. The number of piperidine rings is 2. The summed E-state index contributed by atoms with van der Waals surface area (Å²) < 4.78 is 1.96. The Hall–Kier alpha value is -2.74. The van der Waals surface area contributed by atoms with E-state index in [-0.39, 0.29) is 30.1 Å². The van der Waals surface area contributed by atoms with Crippen LogP contribution in [0.3, 0.4) is 0 Å². The number of aromatic nitrogens is 2. The molecule has 8 nitrogen and oxygen atoms in total. The van der Waals surface area contributed by atoms with Crippen molar-refractivity contribution in [2.45, 2.75) is 127 Å². The van der Waals surface area contributed by atoms with Crippen LogP contribution in [0, 0.1) is 0 Å². The van der Waals surface area contributed by atoms with Crippen LogP contribution in [-0.4, -0.2) is 56.5 Å². The van der Waals surface area contributed by atoms with Gasteiger partial charge in [0.25, 0.3) is 5.56 Å². The van der Waals surface area contributed by atoms with Crippen molar-refractivity contribution in [1.82, 2.24) is 14.5 Å². The fourth-order valence-electron chi connectivity index (χ4n) is 7.53. The standard InChI is InChI=1S/C31H44N4O4/c1-39-33-27(18-19-29(36)37)30-31(38)35(28-17-10-9-16-26(28)32-30)25-20-23-14-11-15-24(21-25)34(23)22-12-7-5-3-2-4-6-8-13-22/h9-10,16-17,22-25H,2-8,11-15,18-21H2,1H3,(H,36,37)/t23-,24+,25?. The van der Waals surface area contributed by atoms with Crippen LogP contribution in [0.2, 0.25) is 0 Å². The quantitative estimate of drug-likeness (QED) is 0.341. The van der Waals surface area contributed by atoms with E-state index < -0.39 is 5.97 Å². The summed E-state index contributed by atoms with van der Waals surface area (Å²) in [5.41, 5.74) is 1.88. The van der Waals surface area contributed by atoms with Crippen molar-refractivity contribution >= 4 is 22.7 Å². The van der Waals surface area contributed by atoms with Gasteiger partial charge < -0.3 is 14.5 Å². The number of hydrogen-bond donors (Lipinski definition) is 1. The highest BCUT2D eigenvalue weighted by atomic mass is 16.6. The van der Waals surface area contributed by atoms with Crippen molar-refractivity contribution < 1.29 is 14.7 Å². The van der Waals surface area contributed by atoms with Gasteiger partial charge in [-0.1, -0.05) is 68.7 Å². The van der Waals surface area contributed by atoms with E-state index in [0.29, 0.717) is 23.8 Å². The average molecular weight is 537 g/mol. The Morgan fingerprint density at radius 3 is 2.15 bits per heavy atom. The summed E-state index contributed by atoms with van der Waals surface area (Å²) in [5, 5.41) is 13.3. The summed E-state index contributed by atoms with van der Waals surface area (Å²) >= 11 is 0. The number of hydrogen-bond acceptors (Lipinski definition) is 6. The second-order valence-corrected chi connectivity index (χ2v) is 11.8. The molecule has 3 fully saturated rings. The summed E-state index contributed by atoms with van der Waals surface area (Å²) in [7, 11) is 1.41. The van der Waals surface area contributed by atoms with Gasteiger partial charge in [-0.15, -0.1) is 0 Å². The van der Waals surface area contributed by atoms with E-state index in [1.807, 2.05) is 28.8 Å². The van der Waals surface area contributed by atoms with Gasteiger partial charge in [-0.3, -0.25) is 14.5 Å². The fraction of sp³-hybridized carbons (Fsp3) is 0.677. The van der Waals surface area contributed by atoms with E-state index in [2.05, 4.69) is 15.0 Å². The monoisotopic (exact) mass is 536 g/mol. The minimum absolute atomic E-state index is 0.0819. The van der Waals surface area contributed by atoms with Crippen molar-refractivity contribution in [2.24, 2.45) is 5.16 Å². The molecule has 0 amide bonds. The van der Waals surface area contributed by atoms with Gasteiger partial charge in [0, 0.05) is 30.6 Å². The number of benzene rings is 1. The molecule has 3 atom stereocenters. The minimum atomic E-state index is -0.944. The molecule has 39 heavy (non-hydrogen) atoms. The largest absolute Gasteiger partial charge is 0.481 e. The maximum absolute atomic E-state index is 14.1.